The first-order valence-electron chi connectivity index (χ1n) is 3.57. The van der Waals surface area contributed by atoms with Crippen LogP contribution in [0.5, 0.6) is 0 Å². The molecule has 1 atom stereocenters. The first-order chi connectivity index (χ1) is 4.84. The van der Waals surface area contributed by atoms with Crippen molar-refractivity contribution in [2.24, 2.45) is 0 Å². The maximum absolute atomic E-state index is 9.29. The van der Waals surface area contributed by atoms with Crippen molar-refractivity contribution in [2.45, 2.75) is 19.4 Å². The van der Waals surface area contributed by atoms with E-state index < -0.39 is 0 Å². The molecule has 1 heteroatoms. The summed E-state index contributed by atoms with van der Waals surface area (Å²) in [5, 5.41) is 9.29. The molecule has 0 aromatic carbocycles. The molecule has 0 aromatic heterocycles. The zero-order valence-corrected chi connectivity index (χ0v) is 6.12. The molecule has 0 heterocycles. The van der Waals surface area contributed by atoms with E-state index in [4.69, 9.17) is 0 Å². The summed E-state index contributed by atoms with van der Waals surface area (Å²) < 4.78 is 0. The molecule has 0 spiro atoms. The Morgan fingerprint density at radius 3 is 3.00 bits per heavy atom. The van der Waals surface area contributed by atoms with Gasteiger partial charge in [0.1, 0.15) is 0 Å². The van der Waals surface area contributed by atoms with Crippen molar-refractivity contribution in [1.29, 1.82) is 0 Å². The summed E-state index contributed by atoms with van der Waals surface area (Å²) in [5.74, 6) is 0. The Kier molecular flexibility index (Phi) is 2.46. The number of hydrogen-bond acceptors (Lipinski definition) is 1. The van der Waals surface area contributed by atoms with Gasteiger partial charge < -0.3 is 5.11 Å². The Morgan fingerprint density at radius 1 is 1.60 bits per heavy atom. The normalized spacial score (nSPS) is 27.8. The highest BCUT2D eigenvalue weighted by atomic mass is 16.3. The second-order valence-electron chi connectivity index (χ2n) is 2.30. The van der Waals surface area contributed by atoms with Gasteiger partial charge in [0.25, 0.3) is 0 Å². The van der Waals surface area contributed by atoms with Crippen molar-refractivity contribution in [1.82, 2.24) is 0 Å². The summed E-state index contributed by atoms with van der Waals surface area (Å²) >= 11 is 0. The van der Waals surface area contributed by atoms with E-state index >= 15 is 0 Å². The Bertz CT molecular complexity index is 187. The van der Waals surface area contributed by atoms with Crippen molar-refractivity contribution in [3.63, 3.8) is 0 Å². The van der Waals surface area contributed by atoms with Gasteiger partial charge in [0.05, 0.1) is 6.10 Å². The van der Waals surface area contributed by atoms with Gasteiger partial charge in [0, 0.05) is 0 Å². The lowest BCUT2D eigenvalue weighted by Crippen LogP contribution is -2.06. The Labute approximate surface area is 61.4 Å². The topological polar surface area (TPSA) is 20.2 Å². The summed E-state index contributed by atoms with van der Waals surface area (Å²) in [6, 6.07) is 0. The number of aliphatic hydroxyl groups excluding tert-OH is 1. The van der Waals surface area contributed by atoms with Crippen molar-refractivity contribution in [2.75, 3.05) is 0 Å². The molecule has 1 nitrogen and oxygen atoms in total. The molecule has 0 saturated carbocycles. The highest BCUT2D eigenvalue weighted by Gasteiger charge is 2.04. The molecular weight excluding hydrogens is 124 g/mol. The van der Waals surface area contributed by atoms with Gasteiger partial charge in [-0.3, -0.25) is 0 Å². The van der Waals surface area contributed by atoms with Crippen LogP contribution < -0.4 is 0 Å². The molecule has 1 unspecified atom stereocenters. The number of aliphatic hydroxyl groups is 1. The first kappa shape index (κ1) is 7.29. The van der Waals surface area contributed by atoms with Gasteiger partial charge in [0.15, 0.2) is 0 Å². The van der Waals surface area contributed by atoms with Gasteiger partial charge in [-0.2, -0.15) is 0 Å². The largest absolute Gasteiger partial charge is 0.384 e. The lowest BCUT2D eigenvalue weighted by Gasteiger charge is -2.09. The van der Waals surface area contributed by atoms with Gasteiger partial charge in [-0.25, -0.2) is 0 Å². The second kappa shape index (κ2) is 3.37. The Morgan fingerprint density at radius 2 is 2.40 bits per heavy atom. The van der Waals surface area contributed by atoms with Crippen LogP contribution in [0.2, 0.25) is 0 Å². The summed E-state index contributed by atoms with van der Waals surface area (Å²) in [4.78, 5) is 0. The van der Waals surface area contributed by atoms with Crippen molar-refractivity contribution in [3.05, 3.63) is 36.0 Å². The predicted molar refractivity (Wildman–Crippen MR) is 42.7 cm³/mol. The molecule has 0 fully saturated rings. The molecule has 0 bridgehead atoms. The molecule has 54 valence electrons. The third kappa shape index (κ3) is 1.58. The van der Waals surface area contributed by atoms with Crippen LogP contribution >= 0.6 is 0 Å². The third-order valence-electron chi connectivity index (χ3n) is 1.47. The summed E-state index contributed by atoms with van der Waals surface area (Å²) in [6.45, 7) is 2.06. The SMILES string of the molecule is CCC=C1C=CC=CC1O. The van der Waals surface area contributed by atoms with E-state index in [1.54, 1.807) is 6.08 Å². The molecular formula is C9H12O. The molecule has 1 aliphatic rings. The van der Waals surface area contributed by atoms with Crippen LogP contribution in [0.4, 0.5) is 0 Å². The fourth-order valence-corrected chi connectivity index (χ4v) is 0.970. The molecule has 0 amide bonds. The first-order valence-corrected chi connectivity index (χ1v) is 3.57. The maximum atomic E-state index is 9.29. The number of hydrogen-bond donors (Lipinski definition) is 1. The quantitative estimate of drug-likeness (QED) is 0.583. The number of allylic oxidation sites excluding steroid dienone is 3. The zero-order chi connectivity index (χ0) is 7.40. The van der Waals surface area contributed by atoms with Gasteiger partial charge in [-0.05, 0) is 12.0 Å². The molecule has 0 radical (unpaired) electrons. The minimum absolute atomic E-state index is 0.384. The summed E-state index contributed by atoms with van der Waals surface area (Å²) in [6.07, 6.45) is 10.1. The average molecular weight is 136 g/mol. The third-order valence-corrected chi connectivity index (χ3v) is 1.47. The highest BCUT2D eigenvalue weighted by Crippen LogP contribution is 2.11. The molecule has 0 aromatic rings. The van der Waals surface area contributed by atoms with E-state index in [-0.39, 0.29) is 6.10 Å². The standard InChI is InChI=1S/C9H12O/c1-2-5-8-6-3-4-7-9(8)10/h3-7,9-10H,2H2,1H3. The highest BCUT2D eigenvalue weighted by molar-refractivity contribution is 5.33. The van der Waals surface area contributed by atoms with Crippen molar-refractivity contribution < 1.29 is 5.11 Å². The van der Waals surface area contributed by atoms with Crippen LogP contribution in [0.25, 0.3) is 0 Å². The molecule has 1 aliphatic carbocycles. The predicted octanol–water partition coefficient (Wildman–Crippen LogP) is 1.81. The minimum Gasteiger partial charge on any atom is -0.384 e. The van der Waals surface area contributed by atoms with Gasteiger partial charge in [-0.1, -0.05) is 37.3 Å². The average Bonchev–Trinajstić information content (AvgIpc) is 1.94. The molecule has 1 rings (SSSR count). The van der Waals surface area contributed by atoms with Crippen molar-refractivity contribution >= 4 is 0 Å². The van der Waals surface area contributed by atoms with Crippen LogP contribution in [0.1, 0.15) is 13.3 Å². The smallest absolute Gasteiger partial charge is 0.0971 e. The van der Waals surface area contributed by atoms with E-state index in [0.29, 0.717) is 0 Å². The summed E-state index contributed by atoms with van der Waals surface area (Å²) in [7, 11) is 0. The lowest BCUT2D eigenvalue weighted by molar-refractivity contribution is 0.261. The van der Waals surface area contributed by atoms with Gasteiger partial charge in [-0.15, -0.1) is 0 Å². The monoisotopic (exact) mass is 136 g/mol. The fourth-order valence-electron chi connectivity index (χ4n) is 0.970. The van der Waals surface area contributed by atoms with Crippen LogP contribution in [-0.4, -0.2) is 11.2 Å². The van der Waals surface area contributed by atoms with Gasteiger partial charge in [0.2, 0.25) is 0 Å². The minimum atomic E-state index is -0.384. The number of rotatable bonds is 1. The zero-order valence-electron chi connectivity index (χ0n) is 6.12. The van der Waals surface area contributed by atoms with Crippen LogP contribution in [-0.2, 0) is 0 Å². The van der Waals surface area contributed by atoms with E-state index in [1.807, 2.05) is 24.3 Å². The maximum Gasteiger partial charge on any atom is 0.0971 e. The van der Waals surface area contributed by atoms with E-state index in [1.165, 1.54) is 0 Å². The van der Waals surface area contributed by atoms with Crippen molar-refractivity contribution in [3.8, 4) is 0 Å². The molecule has 1 N–H and O–H groups in total. The van der Waals surface area contributed by atoms with E-state index in [9.17, 15) is 5.11 Å². The van der Waals surface area contributed by atoms with E-state index in [2.05, 4.69) is 6.92 Å². The van der Waals surface area contributed by atoms with Crippen LogP contribution in [0, 0.1) is 0 Å². The Hall–Kier alpha value is -0.820. The fraction of sp³-hybridized carbons (Fsp3) is 0.333. The molecule has 10 heavy (non-hydrogen) atoms. The van der Waals surface area contributed by atoms with Crippen LogP contribution in [0.15, 0.2) is 36.0 Å². The Balaban J connectivity index is 2.70. The molecule has 0 saturated heterocycles. The summed E-state index contributed by atoms with van der Waals surface area (Å²) in [5.41, 5.74) is 1.00. The lowest BCUT2D eigenvalue weighted by atomic mass is 10.0. The van der Waals surface area contributed by atoms with Gasteiger partial charge >= 0.3 is 0 Å². The second-order valence-corrected chi connectivity index (χ2v) is 2.30. The molecule has 0 aliphatic heterocycles. The van der Waals surface area contributed by atoms with Crippen LogP contribution in [0.3, 0.4) is 0 Å². The van der Waals surface area contributed by atoms with E-state index in [0.717, 1.165) is 12.0 Å².